The maximum atomic E-state index is 11.3. The summed E-state index contributed by atoms with van der Waals surface area (Å²) in [6, 6.07) is 3.94. The number of rotatable bonds is 6. The van der Waals surface area contributed by atoms with Crippen LogP contribution in [0.4, 0.5) is 17.6 Å². The highest BCUT2D eigenvalue weighted by Gasteiger charge is 2.50. The lowest BCUT2D eigenvalue weighted by atomic mass is 9.58. The summed E-state index contributed by atoms with van der Waals surface area (Å²) in [6.45, 7) is 4.20. The van der Waals surface area contributed by atoms with Crippen LogP contribution < -0.4 is 15.5 Å². The first-order chi connectivity index (χ1) is 13.1. The van der Waals surface area contributed by atoms with E-state index >= 15 is 0 Å². The summed E-state index contributed by atoms with van der Waals surface area (Å²) < 4.78 is 0. The Morgan fingerprint density at radius 2 is 2.22 bits per heavy atom. The average molecular weight is 367 g/mol. The number of anilines is 3. The van der Waals surface area contributed by atoms with Gasteiger partial charge in [0.25, 0.3) is 0 Å². The molecule has 27 heavy (non-hydrogen) atoms. The molecule has 8 nitrogen and oxygen atoms in total. The van der Waals surface area contributed by atoms with Crippen molar-refractivity contribution >= 4 is 23.5 Å². The van der Waals surface area contributed by atoms with E-state index in [1.807, 2.05) is 6.07 Å². The van der Waals surface area contributed by atoms with Crippen LogP contribution in [0.2, 0.25) is 0 Å². The Labute approximate surface area is 158 Å². The highest BCUT2D eigenvalue weighted by atomic mass is 16.1. The van der Waals surface area contributed by atoms with Crippen LogP contribution >= 0.6 is 0 Å². The van der Waals surface area contributed by atoms with E-state index in [0.29, 0.717) is 11.8 Å². The molecule has 4 aliphatic rings. The van der Waals surface area contributed by atoms with Gasteiger partial charge in [-0.05, 0) is 37.7 Å². The molecule has 0 radical (unpaired) electrons. The molecule has 0 spiro atoms. The number of fused-ring (bicyclic) bond motifs is 2. The lowest BCUT2D eigenvalue weighted by Crippen LogP contribution is -2.60. The van der Waals surface area contributed by atoms with E-state index in [9.17, 15) is 4.79 Å². The van der Waals surface area contributed by atoms with Crippen LogP contribution in [0.5, 0.6) is 0 Å². The van der Waals surface area contributed by atoms with Gasteiger partial charge in [-0.15, -0.1) is 0 Å². The number of hydrogen-bond acceptors (Lipinski definition) is 6. The van der Waals surface area contributed by atoms with E-state index in [2.05, 4.69) is 36.8 Å². The number of aromatic nitrogens is 4. The third kappa shape index (κ3) is 3.36. The first-order valence-corrected chi connectivity index (χ1v) is 9.73. The third-order valence-electron chi connectivity index (χ3n) is 5.96. The van der Waals surface area contributed by atoms with Crippen LogP contribution in [0.3, 0.4) is 0 Å². The summed E-state index contributed by atoms with van der Waals surface area (Å²) in [5.74, 6) is 3.65. The predicted octanol–water partition coefficient (Wildman–Crippen LogP) is 2.17. The van der Waals surface area contributed by atoms with Gasteiger partial charge in [0.15, 0.2) is 5.82 Å². The number of nitrogens with zero attached hydrogens (tertiary/aromatic N) is 4. The normalized spacial score (nSPS) is 26.4. The molecular formula is C19H25N7O. The Hall–Kier alpha value is -2.64. The van der Waals surface area contributed by atoms with Gasteiger partial charge < -0.3 is 15.5 Å². The molecule has 2 saturated heterocycles. The second kappa shape index (κ2) is 6.21. The fourth-order valence-corrected chi connectivity index (χ4v) is 4.57. The van der Waals surface area contributed by atoms with E-state index < -0.39 is 0 Å². The second-order valence-corrected chi connectivity index (χ2v) is 8.41. The van der Waals surface area contributed by atoms with Crippen LogP contribution in [-0.2, 0) is 4.79 Å². The van der Waals surface area contributed by atoms with Crippen LogP contribution in [0.1, 0.15) is 44.2 Å². The largest absolute Gasteiger partial charge is 0.356 e. The number of carbonyl (C=O) groups is 1. The van der Waals surface area contributed by atoms with E-state index in [0.717, 1.165) is 37.2 Å². The van der Waals surface area contributed by atoms with Crippen molar-refractivity contribution in [3.05, 3.63) is 24.0 Å². The molecule has 2 bridgehead atoms. The molecule has 2 aliphatic carbocycles. The zero-order chi connectivity index (χ0) is 18.4. The van der Waals surface area contributed by atoms with Crippen molar-refractivity contribution in [2.75, 3.05) is 29.9 Å². The van der Waals surface area contributed by atoms with Crippen LogP contribution in [0.15, 0.2) is 18.3 Å². The lowest BCUT2D eigenvalue weighted by molar-refractivity contribution is -0.120. The SMILES string of the molecule is CC(=O)NCC12CC(CN(c3nccc(Nc4cc(C5CC5)[nH]n4)n3)C1)C2. The summed E-state index contributed by atoms with van der Waals surface area (Å²) in [7, 11) is 0. The highest BCUT2D eigenvalue weighted by molar-refractivity contribution is 5.72. The Kier molecular flexibility index (Phi) is 3.80. The minimum Gasteiger partial charge on any atom is -0.356 e. The summed E-state index contributed by atoms with van der Waals surface area (Å²) in [5.41, 5.74) is 1.37. The van der Waals surface area contributed by atoms with E-state index in [1.54, 1.807) is 13.1 Å². The van der Waals surface area contributed by atoms with Crippen molar-refractivity contribution in [2.45, 2.75) is 38.5 Å². The maximum Gasteiger partial charge on any atom is 0.227 e. The fourth-order valence-electron chi connectivity index (χ4n) is 4.57. The predicted molar refractivity (Wildman–Crippen MR) is 102 cm³/mol. The number of amides is 1. The molecule has 4 fully saturated rings. The molecule has 2 aromatic rings. The van der Waals surface area contributed by atoms with Crippen molar-refractivity contribution < 1.29 is 4.79 Å². The highest BCUT2D eigenvalue weighted by Crippen LogP contribution is 2.50. The monoisotopic (exact) mass is 367 g/mol. The van der Waals surface area contributed by atoms with Crippen LogP contribution in [-0.4, -0.2) is 45.7 Å². The second-order valence-electron chi connectivity index (χ2n) is 8.41. The molecule has 6 rings (SSSR count). The fraction of sp³-hybridized carbons (Fsp3) is 0.579. The number of piperidine rings is 2. The smallest absolute Gasteiger partial charge is 0.227 e. The molecule has 8 heteroatoms. The van der Waals surface area contributed by atoms with Gasteiger partial charge >= 0.3 is 0 Å². The minimum absolute atomic E-state index is 0.0389. The Balaban J connectivity index is 1.28. The van der Waals surface area contributed by atoms with E-state index in [4.69, 9.17) is 4.98 Å². The van der Waals surface area contributed by atoms with Crippen molar-refractivity contribution in [2.24, 2.45) is 11.3 Å². The molecule has 2 saturated carbocycles. The number of H-pyrrole nitrogens is 1. The standard InChI is InChI=1S/C19H25N7O/c1-12(27)21-10-19-7-13(8-19)9-26(11-19)18-20-5-4-16(23-18)22-17-6-15(24-25-17)14-2-3-14/h4-6,13-14H,2-3,7-11H2,1H3,(H,21,27)(H2,20,22,23,24,25). The number of aromatic amines is 1. The van der Waals surface area contributed by atoms with E-state index in [-0.39, 0.29) is 11.3 Å². The summed E-state index contributed by atoms with van der Waals surface area (Å²) >= 11 is 0. The zero-order valence-electron chi connectivity index (χ0n) is 15.5. The quantitative estimate of drug-likeness (QED) is 0.724. The van der Waals surface area contributed by atoms with Gasteiger partial charge in [-0.3, -0.25) is 9.89 Å². The van der Waals surface area contributed by atoms with E-state index in [1.165, 1.54) is 31.4 Å². The van der Waals surface area contributed by atoms with Gasteiger partial charge in [0.05, 0.1) is 0 Å². The molecule has 142 valence electrons. The van der Waals surface area contributed by atoms with Gasteiger partial charge in [0, 0.05) is 55.8 Å². The number of carbonyl (C=O) groups excluding carboxylic acids is 1. The average Bonchev–Trinajstić information content (AvgIpc) is 3.39. The molecule has 2 aliphatic heterocycles. The number of nitrogens with one attached hydrogen (secondary N) is 3. The molecule has 2 aromatic heterocycles. The Morgan fingerprint density at radius 1 is 1.37 bits per heavy atom. The molecule has 3 N–H and O–H groups in total. The summed E-state index contributed by atoms with van der Waals surface area (Å²) in [5, 5.41) is 13.7. The number of hydrogen-bond donors (Lipinski definition) is 3. The van der Waals surface area contributed by atoms with Crippen molar-refractivity contribution in [1.82, 2.24) is 25.5 Å². The van der Waals surface area contributed by atoms with Crippen LogP contribution in [0.25, 0.3) is 0 Å². The summed E-state index contributed by atoms with van der Waals surface area (Å²) in [4.78, 5) is 22.7. The first kappa shape index (κ1) is 16.5. The zero-order valence-corrected chi connectivity index (χ0v) is 15.5. The molecule has 4 heterocycles. The topological polar surface area (TPSA) is 98.8 Å². The Bertz CT molecular complexity index is 853. The van der Waals surface area contributed by atoms with Gasteiger partial charge in [0.1, 0.15) is 5.82 Å². The van der Waals surface area contributed by atoms with Gasteiger partial charge in [0.2, 0.25) is 11.9 Å². The van der Waals surface area contributed by atoms with Crippen molar-refractivity contribution in [3.63, 3.8) is 0 Å². The molecule has 0 atom stereocenters. The lowest BCUT2D eigenvalue weighted by Gasteiger charge is -2.56. The van der Waals surface area contributed by atoms with Crippen molar-refractivity contribution in [3.8, 4) is 0 Å². The minimum atomic E-state index is 0.0389. The third-order valence-corrected chi connectivity index (χ3v) is 5.96. The van der Waals surface area contributed by atoms with Crippen LogP contribution in [0, 0.1) is 11.3 Å². The van der Waals surface area contributed by atoms with Crippen molar-refractivity contribution in [1.29, 1.82) is 0 Å². The maximum absolute atomic E-state index is 11.3. The Morgan fingerprint density at radius 3 is 3.00 bits per heavy atom. The molecule has 0 aromatic carbocycles. The first-order valence-electron chi connectivity index (χ1n) is 9.73. The van der Waals surface area contributed by atoms with Gasteiger partial charge in [-0.2, -0.15) is 10.1 Å². The molecule has 1 amide bonds. The molecule has 0 unspecified atom stereocenters. The molecular weight excluding hydrogens is 342 g/mol. The summed E-state index contributed by atoms with van der Waals surface area (Å²) in [6.07, 6.45) is 6.64. The van der Waals surface area contributed by atoms with Gasteiger partial charge in [-0.25, -0.2) is 4.98 Å². The van der Waals surface area contributed by atoms with Gasteiger partial charge in [-0.1, -0.05) is 0 Å².